The van der Waals surface area contributed by atoms with E-state index >= 15 is 0 Å². The van der Waals surface area contributed by atoms with Crippen molar-refractivity contribution in [1.82, 2.24) is 0 Å². The molecule has 0 amide bonds. The Bertz CT molecular complexity index is 306. The number of halogens is 1. The largest absolute Gasteiger partial charge is 0.383 e. The molecular weight excluding hydrogens is 298 g/mol. The molecule has 0 fully saturated rings. The molecule has 1 rings (SSSR count). The first-order valence-electron chi connectivity index (χ1n) is 5.97. The van der Waals surface area contributed by atoms with Crippen molar-refractivity contribution in [2.45, 2.75) is 0 Å². The molecule has 1 N–H and O–H groups in total. The normalized spacial score (nSPS) is 10.6. The average molecular weight is 318 g/mol. The number of hydrogen-bond donors (Lipinski definition) is 1. The van der Waals surface area contributed by atoms with Gasteiger partial charge in [0.15, 0.2) is 0 Å². The summed E-state index contributed by atoms with van der Waals surface area (Å²) >= 11 is 3.40. The molecule has 102 valence electrons. The highest BCUT2D eigenvalue weighted by molar-refractivity contribution is 9.10. The summed E-state index contributed by atoms with van der Waals surface area (Å²) in [5.41, 5.74) is 1.10. The predicted molar refractivity (Wildman–Crippen MR) is 76.1 cm³/mol. The molecule has 1 aromatic rings. The van der Waals surface area contributed by atoms with E-state index in [9.17, 15) is 0 Å². The number of methoxy groups -OCH3 is 1. The Labute approximate surface area is 117 Å². The Morgan fingerprint density at radius 3 is 2.22 bits per heavy atom. The Morgan fingerprint density at radius 2 is 1.56 bits per heavy atom. The zero-order valence-electron chi connectivity index (χ0n) is 10.7. The molecule has 0 unspecified atom stereocenters. The van der Waals surface area contributed by atoms with Crippen LogP contribution in [0.2, 0.25) is 0 Å². The Kier molecular flexibility index (Phi) is 8.85. The summed E-state index contributed by atoms with van der Waals surface area (Å²) in [5.74, 6) is 0. The first kappa shape index (κ1) is 15.4. The molecule has 18 heavy (non-hydrogen) atoms. The van der Waals surface area contributed by atoms with Gasteiger partial charge in [-0.25, -0.2) is 0 Å². The molecule has 0 saturated heterocycles. The Morgan fingerprint density at radius 1 is 0.944 bits per heavy atom. The Hall–Kier alpha value is -0.620. The van der Waals surface area contributed by atoms with Crippen LogP contribution in [-0.2, 0) is 14.2 Å². The molecular formula is C13H20BrNO3. The highest BCUT2D eigenvalue weighted by Gasteiger charge is 1.93. The molecule has 1 aromatic carbocycles. The van der Waals surface area contributed by atoms with E-state index in [1.807, 2.05) is 24.3 Å². The van der Waals surface area contributed by atoms with Crippen LogP contribution in [0.1, 0.15) is 0 Å². The summed E-state index contributed by atoms with van der Waals surface area (Å²) in [6.07, 6.45) is 0. The number of rotatable bonds is 10. The van der Waals surface area contributed by atoms with Crippen LogP contribution in [0.5, 0.6) is 0 Å². The summed E-state index contributed by atoms with van der Waals surface area (Å²) in [7, 11) is 1.66. The van der Waals surface area contributed by atoms with Crippen molar-refractivity contribution in [3.8, 4) is 0 Å². The summed E-state index contributed by atoms with van der Waals surface area (Å²) in [6, 6.07) is 8.07. The van der Waals surface area contributed by atoms with Crippen molar-refractivity contribution in [3.05, 3.63) is 28.7 Å². The maximum absolute atomic E-state index is 5.42. The van der Waals surface area contributed by atoms with Gasteiger partial charge in [-0.2, -0.15) is 0 Å². The van der Waals surface area contributed by atoms with Crippen molar-refractivity contribution in [3.63, 3.8) is 0 Å². The summed E-state index contributed by atoms with van der Waals surface area (Å²) in [6.45, 7) is 3.94. The number of anilines is 1. The molecule has 0 aliphatic carbocycles. The second-order valence-corrected chi connectivity index (χ2v) is 4.57. The zero-order chi connectivity index (χ0) is 13.1. The maximum atomic E-state index is 5.42. The number of ether oxygens (including phenoxy) is 3. The van der Waals surface area contributed by atoms with Gasteiger partial charge >= 0.3 is 0 Å². The molecule has 0 aliphatic heterocycles. The first-order valence-corrected chi connectivity index (χ1v) is 6.76. The molecule has 4 nitrogen and oxygen atoms in total. The van der Waals surface area contributed by atoms with Gasteiger partial charge in [0, 0.05) is 23.8 Å². The predicted octanol–water partition coefficient (Wildman–Crippen LogP) is 2.54. The zero-order valence-corrected chi connectivity index (χ0v) is 12.2. The molecule has 0 radical (unpaired) electrons. The van der Waals surface area contributed by atoms with E-state index in [1.165, 1.54) is 0 Å². The van der Waals surface area contributed by atoms with Crippen LogP contribution < -0.4 is 5.32 Å². The van der Waals surface area contributed by atoms with Crippen molar-refractivity contribution in [2.75, 3.05) is 52.0 Å². The van der Waals surface area contributed by atoms with Crippen LogP contribution in [0, 0.1) is 0 Å². The minimum atomic E-state index is 0.613. The van der Waals surface area contributed by atoms with E-state index in [1.54, 1.807) is 7.11 Å². The van der Waals surface area contributed by atoms with E-state index in [4.69, 9.17) is 14.2 Å². The topological polar surface area (TPSA) is 39.7 Å². The Balaban J connectivity index is 1.91. The standard InChI is InChI=1S/C13H20BrNO3/c1-16-8-9-18-11-10-17-7-6-15-13-4-2-12(14)3-5-13/h2-5,15H,6-11H2,1H3. The number of hydrogen-bond acceptors (Lipinski definition) is 4. The van der Waals surface area contributed by atoms with E-state index in [2.05, 4.69) is 21.2 Å². The number of nitrogens with one attached hydrogen (secondary N) is 1. The third kappa shape index (κ3) is 7.66. The molecule has 0 bridgehead atoms. The van der Waals surface area contributed by atoms with Crippen LogP contribution in [-0.4, -0.2) is 46.7 Å². The lowest BCUT2D eigenvalue weighted by atomic mass is 10.3. The van der Waals surface area contributed by atoms with E-state index in [-0.39, 0.29) is 0 Å². The second kappa shape index (κ2) is 10.3. The molecule has 0 heterocycles. The first-order chi connectivity index (χ1) is 8.83. The van der Waals surface area contributed by atoms with Gasteiger partial charge in [0.05, 0.1) is 33.0 Å². The van der Waals surface area contributed by atoms with Gasteiger partial charge in [-0.05, 0) is 24.3 Å². The fourth-order valence-corrected chi connectivity index (χ4v) is 1.56. The van der Waals surface area contributed by atoms with Gasteiger partial charge in [-0.3, -0.25) is 0 Å². The smallest absolute Gasteiger partial charge is 0.0701 e. The van der Waals surface area contributed by atoms with E-state index < -0.39 is 0 Å². The molecule has 0 aliphatic rings. The van der Waals surface area contributed by atoms with Crippen LogP contribution >= 0.6 is 15.9 Å². The SMILES string of the molecule is COCCOCCOCCNc1ccc(Br)cc1. The van der Waals surface area contributed by atoms with Crippen LogP contribution in [0.3, 0.4) is 0 Å². The lowest BCUT2D eigenvalue weighted by Gasteiger charge is -2.08. The van der Waals surface area contributed by atoms with E-state index in [0.29, 0.717) is 33.0 Å². The average Bonchev–Trinajstić information content (AvgIpc) is 2.39. The quantitative estimate of drug-likeness (QED) is 0.673. The van der Waals surface area contributed by atoms with Gasteiger partial charge in [-0.1, -0.05) is 15.9 Å². The molecule has 0 atom stereocenters. The van der Waals surface area contributed by atoms with Crippen LogP contribution in [0.4, 0.5) is 5.69 Å². The molecule has 5 heteroatoms. The highest BCUT2D eigenvalue weighted by Crippen LogP contribution is 2.13. The van der Waals surface area contributed by atoms with Gasteiger partial charge < -0.3 is 19.5 Å². The van der Waals surface area contributed by atoms with Gasteiger partial charge in [0.25, 0.3) is 0 Å². The van der Waals surface area contributed by atoms with Gasteiger partial charge in [-0.15, -0.1) is 0 Å². The summed E-state index contributed by atoms with van der Waals surface area (Å²) < 4.78 is 16.6. The third-order valence-corrected chi connectivity index (χ3v) is 2.75. The molecule has 0 spiro atoms. The van der Waals surface area contributed by atoms with Crippen molar-refractivity contribution < 1.29 is 14.2 Å². The minimum Gasteiger partial charge on any atom is -0.383 e. The van der Waals surface area contributed by atoms with E-state index in [0.717, 1.165) is 16.7 Å². The lowest BCUT2D eigenvalue weighted by Crippen LogP contribution is -2.13. The van der Waals surface area contributed by atoms with Gasteiger partial charge in [0.2, 0.25) is 0 Å². The number of benzene rings is 1. The van der Waals surface area contributed by atoms with Gasteiger partial charge in [0.1, 0.15) is 0 Å². The maximum Gasteiger partial charge on any atom is 0.0701 e. The fraction of sp³-hybridized carbons (Fsp3) is 0.538. The second-order valence-electron chi connectivity index (χ2n) is 3.65. The monoisotopic (exact) mass is 317 g/mol. The van der Waals surface area contributed by atoms with Crippen molar-refractivity contribution in [2.24, 2.45) is 0 Å². The molecule has 0 saturated carbocycles. The summed E-state index contributed by atoms with van der Waals surface area (Å²) in [4.78, 5) is 0. The van der Waals surface area contributed by atoms with Crippen LogP contribution in [0.25, 0.3) is 0 Å². The lowest BCUT2D eigenvalue weighted by molar-refractivity contribution is 0.0272. The van der Waals surface area contributed by atoms with Crippen LogP contribution in [0.15, 0.2) is 28.7 Å². The minimum absolute atomic E-state index is 0.613. The van der Waals surface area contributed by atoms with Crippen molar-refractivity contribution >= 4 is 21.6 Å². The van der Waals surface area contributed by atoms with Crippen molar-refractivity contribution in [1.29, 1.82) is 0 Å². The third-order valence-electron chi connectivity index (χ3n) is 2.22. The fourth-order valence-electron chi connectivity index (χ4n) is 1.30. The molecule has 0 aromatic heterocycles. The summed E-state index contributed by atoms with van der Waals surface area (Å²) in [5, 5.41) is 3.28. The highest BCUT2D eigenvalue weighted by atomic mass is 79.9.